The van der Waals surface area contributed by atoms with E-state index in [0.717, 1.165) is 0 Å². The van der Waals surface area contributed by atoms with Crippen molar-refractivity contribution in [3.63, 3.8) is 0 Å². The van der Waals surface area contributed by atoms with E-state index in [1.165, 1.54) is 6.26 Å². The summed E-state index contributed by atoms with van der Waals surface area (Å²) in [6.45, 7) is 0. The Balaban J connectivity index is 0. The summed E-state index contributed by atoms with van der Waals surface area (Å²) in [7, 11) is 0. The Bertz CT molecular complexity index is 74.9. The SMILES string of the molecule is C[S+]([O-])CC(=O)[O-].[K+]. The monoisotopic (exact) mass is 160 g/mol. The zero-order chi connectivity index (χ0) is 5.86. The molecule has 0 saturated heterocycles. The zero-order valence-electron chi connectivity index (χ0n) is 4.84. The predicted molar refractivity (Wildman–Crippen MR) is 23.9 cm³/mol. The van der Waals surface area contributed by atoms with Crippen molar-refractivity contribution in [2.75, 3.05) is 12.0 Å². The van der Waals surface area contributed by atoms with Gasteiger partial charge >= 0.3 is 51.4 Å². The molecule has 0 aromatic rings. The minimum Gasteiger partial charge on any atom is -0.616 e. The van der Waals surface area contributed by atoms with Gasteiger partial charge in [-0.15, -0.1) is 0 Å². The van der Waals surface area contributed by atoms with Gasteiger partial charge in [-0.25, -0.2) is 0 Å². The molecular weight excluding hydrogens is 155 g/mol. The van der Waals surface area contributed by atoms with E-state index < -0.39 is 17.1 Å². The molecule has 0 aliphatic carbocycles. The maximum absolute atomic E-state index is 9.94. The van der Waals surface area contributed by atoms with Crippen LogP contribution >= 0.6 is 0 Å². The second-order valence-corrected chi connectivity index (χ2v) is 2.52. The molecule has 42 valence electrons. The number of hydrogen-bond donors (Lipinski definition) is 0. The van der Waals surface area contributed by atoms with E-state index in [9.17, 15) is 14.5 Å². The summed E-state index contributed by atoms with van der Waals surface area (Å²) in [6.07, 6.45) is 1.32. The molecule has 0 aliphatic heterocycles. The molecule has 0 heterocycles. The van der Waals surface area contributed by atoms with Crippen molar-refractivity contribution in [2.45, 2.75) is 0 Å². The van der Waals surface area contributed by atoms with Crippen molar-refractivity contribution < 1.29 is 65.8 Å². The standard InChI is InChI=1S/C3H6O3S.K/c1-7(6)2-3(4)5;/h2H2,1H3,(H,4,5);/q;+1/p-1. The van der Waals surface area contributed by atoms with Crippen LogP contribution in [-0.4, -0.2) is 22.5 Å². The van der Waals surface area contributed by atoms with Crippen molar-refractivity contribution in [3.8, 4) is 0 Å². The van der Waals surface area contributed by atoms with Crippen LogP contribution in [0.3, 0.4) is 0 Å². The summed E-state index contributed by atoms with van der Waals surface area (Å²) in [5.74, 6) is -1.62. The summed E-state index contributed by atoms with van der Waals surface area (Å²) in [6, 6.07) is 0. The maximum atomic E-state index is 9.94. The van der Waals surface area contributed by atoms with Gasteiger partial charge < -0.3 is 14.5 Å². The van der Waals surface area contributed by atoms with Gasteiger partial charge in [0, 0.05) is 0 Å². The van der Waals surface area contributed by atoms with Crippen LogP contribution in [0.2, 0.25) is 0 Å². The minimum atomic E-state index is -1.26. The second kappa shape index (κ2) is 6.54. The maximum Gasteiger partial charge on any atom is 1.00 e. The van der Waals surface area contributed by atoms with Crippen LogP contribution in [0.1, 0.15) is 0 Å². The summed E-state index contributed by atoms with van der Waals surface area (Å²) in [4.78, 5) is 9.51. The number of carbonyl (C=O) groups excluding carboxylic acids is 1. The first-order valence-electron chi connectivity index (χ1n) is 1.63. The molecule has 0 saturated carbocycles. The first kappa shape index (κ1) is 12.1. The molecule has 0 amide bonds. The molecule has 0 fully saturated rings. The van der Waals surface area contributed by atoms with Gasteiger partial charge in [-0.2, -0.15) is 0 Å². The third-order valence-electron chi connectivity index (χ3n) is 0.321. The fourth-order valence-electron chi connectivity index (χ4n) is 0.166. The number of rotatable bonds is 2. The molecule has 1 atom stereocenters. The Labute approximate surface area is 93.4 Å². The number of hydrogen-bond acceptors (Lipinski definition) is 3. The van der Waals surface area contributed by atoms with Gasteiger partial charge in [0.15, 0.2) is 0 Å². The Hall–Kier alpha value is 1.42. The average molecular weight is 160 g/mol. The summed E-state index contributed by atoms with van der Waals surface area (Å²) in [5, 5.41) is 9.51. The van der Waals surface area contributed by atoms with Crippen LogP contribution in [0.5, 0.6) is 0 Å². The van der Waals surface area contributed by atoms with Gasteiger partial charge in [0.05, 0.1) is 12.2 Å². The second-order valence-electron chi connectivity index (χ2n) is 1.09. The average Bonchev–Trinajstić information content (AvgIpc) is 1.27. The van der Waals surface area contributed by atoms with Crippen molar-refractivity contribution in [1.82, 2.24) is 0 Å². The van der Waals surface area contributed by atoms with Gasteiger partial charge in [0.1, 0.15) is 5.75 Å². The molecular formula is C3H5KO3S. The number of carbonyl (C=O) groups is 1. The van der Waals surface area contributed by atoms with Gasteiger partial charge in [-0.05, 0) is 0 Å². The predicted octanol–water partition coefficient (Wildman–Crippen LogP) is -4.88. The quantitative estimate of drug-likeness (QED) is 0.300. The number of carboxylic acid groups (broad SMARTS) is 1. The van der Waals surface area contributed by atoms with Crippen LogP contribution in [-0.2, 0) is 16.0 Å². The Morgan fingerprint density at radius 3 is 2.12 bits per heavy atom. The van der Waals surface area contributed by atoms with E-state index in [1.807, 2.05) is 0 Å². The molecule has 0 bridgehead atoms. The number of aliphatic carboxylic acids is 1. The van der Waals surface area contributed by atoms with Crippen LogP contribution < -0.4 is 56.5 Å². The van der Waals surface area contributed by atoms with Gasteiger partial charge in [-0.3, -0.25) is 0 Å². The Morgan fingerprint density at radius 2 is 2.12 bits per heavy atom. The largest absolute Gasteiger partial charge is 1.00 e. The van der Waals surface area contributed by atoms with Crippen LogP contribution in [0, 0.1) is 0 Å². The molecule has 0 aliphatic rings. The van der Waals surface area contributed by atoms with Crippen molar-refractivity contribution in [2.24, 2.45) is 0 Å². The molecule has 5 heteroatoms. The first-order chi connectivity index (χ1) is 3.13. The van der Waals surface area contributed by atoms with E-state index in [2.05, 4.69) is 0 Å². The van der Waals surface area contributed by atoms with Crippen molar-refractivity contribution in [3.05, 3.63) is 0 Å². The van der Waals surface area contributed by atoms with E-state index in [1.54, 1.807) is 0 Å². The van der Waals surface area contributed by atoms with Crippen LogP contribution in [0.25, 0.3) is 0 Å². The van der Waals surface area contributed by atoms with E-state index in [-0.39, 0.29) is 57.1 Å². The number of carboxylic acids is 1. The fourth-order valence-corrected chi connectivity index (χ4v) is 0.498. The first-order valence-corrected chi connectivity index (χ1v) is 3.35. The Morgan fingerprint density at radius 1 is 1.75 bits per heavy atom. The van der Waals surface area contributed by atoms with Crippen molar-refractivity contribution >= 4 is 17.1 Å². The smallest absolute Gasteiger partial charge is 0.616 e. The summed E-state index contributed by atoms with van der Waals surface area (Å²) < 4.78 is 9.94. The molecule has 0 aromatic carbocycles. The third kappa shape index (κ3) is 10.4. The van der Waals surface area contributed by atoms with E-state index >= 15 is 0 Å². The minimum absolute atomic E-state index is 0. The molecule has 0 rings (SSSR count). The molecule has 0 spiro atoms. The van der Waals surface area contributed by atoms with Gasteiger partial charge in [0.2, 0.25) is 0 Å². The molecule has 1 unspecified atom stereocenters. The zero-order valence-corrected chi connectivity index (χ0v) is 8.78. The fraction of sp³-hybridized carbons (Fsp3) is 0.667. The van der Waals surface area contributed by atoms with E-state index in [4.69, 9.17) is 0 Å². The molecule has 8 heavy (non-hydrogen) atoms. The summed E-state index contributed by atoms with van der Waals surface area (Å²) >= 11 is -1.26. The molecule has 0 aromatic heterocycles. The normalized spacial score (nSPS) is 11.8. The summed E-state index contributed by atoms with van der Waals surface area (Å²) in [5.41, 5.74) is 0. The Kier molecular flexibility index (Phi) is 9.91. The molecule has 0 radical (unpaired) electrons. The van der Waals surface area contributed by atoms with Crippen LogP contribution in [0.15, 0.2) is 0 Å². The van der Waals surface area contributed by atoms with Gasteiger partial charge in [0.25, 0.3) is 0 Å². The van der Waals surface area contributed by atoms with Crippen LogP contribution in [0.4, 0.5) is 0 Å². The topological polar surface area (TPSA) is 63.2 Å². The molecule has 0 N–H and O–H groups in total. The third-order valence-corrected chi connectivity index (χ3v) is 0.963. The van der Waals surface area contributed by atoms with Gasteiger partial charge in [-0.1, -0.05) is 11.2 Å². The molecule has 3 nitrogen and oxygen atoms in total. The van der Waals surface area contributed by atoms with E-state index in [0.29, 0.717) is 0 Å². The van der Waals surface area contributed by atoms with Crippen molar-refractivity contribution in [1.29, 1.82) is 0 Å².